The lowest BCUT2D eigenvalue weighted by Crippen LogP contribution is -2.41. The molecule has 8 heteroatoms. The van der Waals surface area contributed by atoms with Gasteiger partial charge in [0.2, 0.25) is 10.6 Å². The largest absolute Gasteiger partial charge is 0.463 e. The van der Waals surface area contributed by atoms with Crippen LogP contribution in [0.5, 0.6) is 6.01 Å². The van der Waals surface area contributed by atoms with Gasteiger partial charge in [-0.2, -0.15) is 15.0 Å². The molecule has 0 N–H and O–H groups in total. The molecular formula is C12H16Cl2N4O2. The topological polar surface area (TPSA) is 60.4 Å². The van der Waals surface area contributed by atoms with Crippen LogP contribution in [0.3, 0.4) is 0 Å². The third-order valence-corrected chi connectivity index (χ3v) is 4.03. The highest BCUT2D eigenvalue weighted by Crippen LogP contribution is 2.46. The molecule has 1 aliphatic heterocycles. The molecule has 0 aromatic carbocycles. The Morgan fingerprint density at radius 3 is 2.35 bits per heavy atom. The number of aromatic nitrogens is 3. The van der Waals surface area contributed by atoms with E-state index in [4.69, 9.17) is 32.7 Å². The second kappa shape index (κ2) is 5.97. The standard InChI is InChI=1S/C12H16Cl2N4O2/c13-9-15-10(14)17-11(16-9)20-8-12(1-2-12)7-18-3-5-19-6-4-18/h1-8H2. The molecule has 0 radical (unpaired) electrons. The molecule has 1 saturated carbocycles. The van der Waals surface area contributed by atoms with Crippen LogP contribution in [-0.2, 0) is 4.74 Å². The Kier molecular flexibility index (Phi) is 4.26. The molecule has 2 heterocycles. The van der Waals surface area contributed by atoms with Crippen LogP contribution in [0.1, 0.15) is 12.8 Å². The van der Waals surface area contributed by atoms with E-state index in [0.717, 1.165) is 45.7 Å². The lowest BCUT2D eigenvalue weighted by molar-refractivity contribution is 0.0231. The monoisotopic (exact) mass is 318 g/mol. The van der Waals surface area contributed by atoms with Gasteiger partial charge in [-0.3, -0.25) is 4.90 Å². The second-order valence-corrected chi connectivity index (χ2v) is 6.01. The van der Waals surface area contributed by atoms with E-state index in [9.17, 15) is 0 Å². The summed E-state index contributed by atoms with van der Waals surface area (Å²) in [4.78, 5) is 13.9. The first-order valence-electron chi connectivity index (χ1n) is 6.65. The highest BCUT2D eigenvalue weighted by molar-refractivity contribution is 6.31. The highest BCUT2D eigenvalue weighted by Gasteiger charge is 2.45. The predicted octanol–water partition coefficient (Wildman–Crippen LogP) is 1.67. The van der Waals surface area contributed by atoms with E-state index in [1.54, 1.807) is 0 Å². The zero-order valence-corrected chi connectivity index (χ0v) is 12.5. The average Bonchev–Trinajstić information content (AvgIpc) is 3.17. The van der Waals surface area contributed by atoms with Crippen molar-refractivity contribution in [3.63, 3.8) is 0 Å². The smallest absolute Gasteiger partial charge is 0.322 e. The van der Waals surface area contributed by atoms with E-state index >= 15 is 0 Å². The highest BCUT2D eigenvalue weighted by atomic mass is 35.5. The molecule has 6 nitrogen and oxygen atoms in total. The molecule has 20 heavy (non-hydrogen) atoms. The minimum atomic E-state index is 0.0537. The van der Waals surface area contributed by atoms with Gasteiger partial charge in [0.15, 0.2) is 0 Å². The third-order valence-electron chi connectivity index (χ3n) is 3.69. The summed E-state index contributed by atoms with van der Waals surface area (Å²) >= 11 is 11.4. The lowest BCUT2D eigenvalue weighted by Gasteiger charge is -2.30. The van der Waals surface area contributed by atoms with Crippen LogP contribution in [0.25, 0.3) is 0 Å². The van der Waals surface area contributed by atoms with E-state index in [1.165, 1.54) is 0 Å². The van der Waals surface area contributed by atoms with E-state index in [0.29, 0.717) is 6.61 Å². The molecule has 0 atom stereocenters. The van der Waals surface area contributed by atoms with Crippen molar-refractivity contribution in [3.05, 3.63) is 10.6 Å². The SMILES string of the molecule is Clc1nc(Cl)nc(OCC2(CN3CCOCC3)CC2)n1. The van der Waals surface area contributed by atoms with Crippen LogP contribution >= 0.6 is 23.2 Å². The number of nitrogens with zero attached hydrogens (tertiary/aromatic N) is 4. The molecular weight excluding hydrogens is 303 g/mol. The summed E-state index contributed by atoms with van der Waals surface area (Å²) in [5.41, 5.74) is 0.211. The van der Waals surface area contributed by atoms with Gasteiger partial charge in [0.05, 0.1) is 19.8 Å². The molecule has 1 aromatic heterocycles. The zero-order valence-electron chi connectivity index (χ0n) is 11.0. The number of hydrogen-bond acceptors (Lipinski definition) is 6. The summed E-state index contributed by atoms with van der Waals surface area (Å²) in [6.07, 6.45) is 2.33. The molecule has 1 aromatic rings. The first-order chi connectivity index (χ1) is 9.65. The fraction of sp³-hybridized carbons (Fsp3) is 0.750. The Bertz CT molecular complexity index is 458. The van der Waals surface area contributed by atoms with Crippen LogP contribution in [0, 0.1) is 5.41 Å². The Labute approximate surface area is 127 Å². The Morgan fingerprint density at radius 1 is 1.10 bits per heavy atom. The second-order valence-electron chi connectivity index (χ2n) is 5.33. The molecule has 1 saturated heterocycles. The normalized spacial score (nSPS) is 21.7. The van der Waals surface area contributed by atoms with E-state index in [2.05, 4.69) is 19.9 Å². The summed E-state index contributed by atoms with van der Waals surface area (Å²) in [6.45, 7) is 5.23. The average molecular weight is 319 g/mol. The summed E-state index contributed by atoms with van der Waals surface area (Å²) < 4.78 is 11.0. The first kappa shape index (κ1) is 14.3. The van der Waals surface area contributed by atoms with E-state index < -0.39 is 0 Å². The van der Waals surface area contributed by atoms with Crippen LogP contribution in [0.4, 0.5) is 0 Å². The van der Waals surface area contributed by atoms with Gasteiger partial charge < -0.3 is 9.47 Å². The number of halogens is 2. The van der Waals surface area contributed by atoms with Gasteiger partial charge in [0, 0.05) is 25.0 Å². The van der Waals surface area contributed by atoms with Crippen LogP contribution in [0.2, 0.25) is 10.6 Å². The molecule has 2 aliphatic rings. The van der Waals surface area contributed by atoms with Crippen molar-refractivity contribution >= 4 is 23.2 Å². The van der Waals surface area contributed by atoms with Gasteiger partial charge in [-0.05, 0) is 36.0 Å². The van der Waals surface area contributed by atoms with Crippen molar-refractivity contribution in [2.45, 2.75) is 12.8 Å². The van der Waals surface area contributed by atoms with Gasteiger partial charge in [0.1, 0.15) is 0 Å². The Hall–Kier alpha value is -0.690. The zero-order chi connectivity index (χ0) is 14.0. The quantitative estimate of drug-likeness (QED) is 0.823. The van der Waals surface area contributed by atoms with Crippen molar-refractivity contribution in [2.24, 2.45) is 5.41 Å². The minimum Gasteiger partial charge on any atom is -0.463 e. The summed E-state index contributed by atoms with van der Waals surface area (Å²) in [7, 11) is 0. The van der Waals surface area contributed by atoms with Gasteiger partial charge in [-0.1, -0.05) is 0 Å². The van der Waals surface area contributed by atoms with Crippen molar-refractivity contribution < 1.29 is 9.47 Å². The fourth-order valence-corrected chi connectivity index (χ4v) is 2.70. The molecule has 0 bridgehead atoms. The maximum Gasteiger partial charge on any atom is 0.322 e. The van der Waals surface area contributed by atoms with Gasteiger partial charge in [0.25, 0.3) is 0 Å². The summed E-state index contributed by atoms with van der Waals surface area (Å²) in [5.74, 6) is 0. The Morgan fingerprint density at radius 2 is 1.75 bits per heavy atom. The van der Waals surface area contributed by atoms with Crippen molar-refractivity contribution in [3.8, 4) is 6.01 Å². The van der Waals surface area contributed by atoms with Crippen LogP contribution in [0.15, 0.2) is 0 Å². The molecule has 0 spiro atoms. The number of morpholine rings is 1. The fourth-order valence-electron chi connectivity index (χ4n) is 2.35. The van der Waals surface area contributed by atoms with E-state index in [-0.39, 0.29) is 22.0 Å². The molecule has 2 fully saturated rings. The predicted molar refractivity (Wildman–Crippen MR) is 74.3 cm³/mol. The van der Waals surface area contributed by atoms with Crippen LogP contribution < -0.4 is 4.74 Å². The number of rotatable bonds is 5. The van der Waals surface area contributed by atoms with Crippen molar-refractivity contribution in [2.75, 3.05) is 39.5 Å². The Balaban J connectivity index is 1.54. The number of ether oxygens (including phenoxy) is 2. The molecule has 0 unspecified atom stereocenters. The lowest BCUT2D eigenvalue weighted by atomic mass is 10.1. The van der Waals surface area contributed by atoms with Crippen LogP contribution in [-0.4, -0.2) is 59.3 Å². The molecule has 3 rings (SSSR count). The van der Waals surface area contributed by atoms with Gasteiger partial charge in [-0.15, -0.1) is 0 Å². The summed E-state index contributed by atoms with van der Waals surface area (Å²) in [5, 5.41) is 0.107. The van der Waals surface area contributed by atoms with E-state index in [1.807, 2.05) is 0 Å². The third kappa shape index (κ3) is 3.69. The molecule has 1 aliphatic carbocycles. The number of hydrogen-bond donors (Lipinski definition) is 0. The van der Waals surface area contributed by atoms with Gasteiger partial charge in [-0.25, -0.2) is 0 Å². The van der Waals surface area contributed by atoms with Crippen molar-refractivity contribution in [1.29, 1.82) is 0 Å². The molecule has 110 valence electrons. The van der Waals surface area contributed by atoms with Crippen molar-refractivity contribution in [1.82, 2.24) is 19.9 Å². The maximum atomic E-state index is 5.72. The minimum absolute atomic E-state index is 0.0537. The summed E-state index contributed by atoms with van der Waals surface area (Å²) in [6, 6.07) is 0.197. The molecule has 0 amide bonds. The first-order valence-corrected chi connectivity index (χ1v) is 7.41. The van der Waals surface area contributed by atoms with Gasteiger partial charge >= 0.3 is 6.01 Å². The maximum absolute atomic E-state index is 5.72.